The summed E-state index contributed by atoms with van der Waals surface area (Å²) < 4.78 is 0. The number of hydrogen-bond donors (Lipinski definition) is 7. The summed E-state index contributed by atoms with van der Waals surface area (Å²) in [5.74, 6) is -2.16. The minimum absolute atomic E-state index is 0.164. The molecule has 1 aromatic heterocycles. The van der Waals surface area contributed by atoms with Gasteiger partial charge in [-0.25, -0.2) is 4.79 Å². The Morgan fingerprint density at radius 3 is 2.18 bits per heavy atom. The Labute approximate surface area is 193 Å². The van der Waals surface area contributed by atoms with Crippen LogP contribution in [-0.4, -0.2) is 59.1 Å². The van der Waals surface area contributed by atoms with Gasteiger partial charge in [0.15, 0.2) is 0 Å². The quantitative estimate of drug-likeness (QED) is 0.187. The number of carbonyl (C=O) groups is 3. The largest absolute Gasteiger partial charge is 0.480 e. The molecule has 0 aliphatic heterocycles. The molecule has 33 heavy (non-hydrogen) atoms. The predicted octanol–water partition coefficient (Wildman–Crippen LogP) is 0.350. The van der Waals surface area contributed by atoms with E-state index in [4.69, 9.17) is 17.2 Å². The SMILES string of the molecule is NCCCCC(N)C(=O)NC(Cc1cc2ccccc2[nH]1)C(=O)NC(CCCCN)C(=O)O. The minimum atomic E-state index is -1.13. The smallest absolute Gasteiger partial charge is 0.326 e. The van der Waals surface area contributed by atoms with Crippen molar-refractivity contribution in [2.24, 2.45) is 17.2 Å². The van der Waals surface area contributed by atoms with E-state index < -0.39 is 35.9 Å². The van der Waals surface area contributed by atoms with Crippen LogP contribution in [0, 0.1) is 0 Å². The molecule has 3 atom stereocenters. The number of carboxylic acids is 1. The fourth-order valence-corrected chi connectivity index (χ4v) is 3.61. The van der Waals surface area contributed by atoms with E-state index in [1.807, 2.05) is 30.3 Å². The van der Waals surface area contributed by atoms with Crippen LogP contribution in [0.1, 0.15) is 44.2 Å². The predicted molar refractivity (Wildman–Crippen MR) is 127 cm³/mol. The summed E-state index contributed by atoms with van der Waals surface area (Å²) in [6.07, 6.45) is 3.54. The summed E-state index contributed by atoms with van der Waals surface area (Å²) in [5, 5.41) is 15.8. The molecule has 1 heterocycles. The second-order valence-electron chi connectivity index (χ2n) is 8.22. The van der Waals surface area contributed by atoms with E-state index in [0.29, 0.717) is 38.8 Å². The molecule has 0 aliphatic carbocycles. The lowest BCUT2D eigenvalue weighted by molar-refractivity contribution is -0.142. The van der Waals surface area contributed by atoms with E-state index in [1.165, 1.54) is 0 Å². The highest BCUT2D eigenvalue weighted by Gasteiger charge is 2.28. The third-order valence-corrected chi connectivity index (χ3v) is 5.51. The Hall–Kier alpha value is -2.95. The molecule has 0 spiro atoms. The van der Waals surface area contributed by atoms with Gasteiger partial charge in [0.25, 0.3) is 0 Å². The van der Waals surface area contributed by atoms with Crippen molar-refractivity contribution >= 4 is 28.7 Å². The number of benzene rings is 1. The van der Waals surface area contributed by atoms with Gasteiger partial charge in [0.2, 0.25) is 11.8 Å². The van der Waals surface area contributed by atoms with E-state index in [0.717, 1.165) is 23.0 Å². The number of aromatic amines is 1. The molecule has 3 unspecified atom stereocenters. The zero-order valence-corrected chi connectivity index (χ0v) is 18.9. The number of H-pyrrole nitrogens is 1. The molecule has 0 radical (unpaired) electrons. The Morgan fingerprint density at radius 1 is 0.909 bits per heavy atom. The average molecular weight is 461 g/mol. The molecule has 1 aromatic carbocycles. The molecule has 2 amide bonds. The first-order valence-corrected chi connectivity index (χ1v) is 11.4. The second-order valence-corrected chi connectivity index (χ2v) is 8.22. The molecular formula is C23H36N6O4. The molecule has 2 rings (SSSR count). The minimum Gasteiger partial charge on any atom is -0.480 e. The van der Waals surface area contributed by atoms with E-state index in [2.05, 4.69) is 15.6 Å². The summed E-state index contributed by atoms with van der Waals surface area (Å²) in [6.45, 7) is 0.960. The molecule has 182 valence electrons. The van der Waals surface area contributed by atoms with Crippen molar-refractivity contribution in [1.29, 1.82) is 0 Å². The third-order valence-electron chi connectivity index (χ3n) is 5.51. The second kappa shape index (κ2) is 13.6. The number of fused-ring (bicyclic) bond motifs is 1. The summed E-state index contributed by atoms with van der Waals surface area (Å²) in [5.41, 5.74) is 18.6. The molecule has 2 aromatic rings. The molecule has 0 saturated heterocycles. The Morgan fingerprint density at radius 2 is 1.55 bits per heavy atom. The van der Waals surface area contributed by atoms with Gasteiger partial charge in [0, 0.05) is 17.6 Å². The zero-order valence-electron chi connectivity index (χ0n) is 18.9. The molecule has 10 N–H and O–H groups in total. The van der Waals surface area contributed by atoms with E-state index in [-0.39, 0.29) is 12.8 Å². The number of nitrogens with two attached hydrogens (primary N) is 3. The van der Waals surface area contributed by atoms with Gasteiger partial charge < -0.3 is 37.9 Å². The first kappa shape index (κ1) is 26.3. The number of aliphatic carboxylic acids is 1. The number of amides is 2. The molecule has 0 bridgehead atoms. The van der Waals surface area contributed by atoms with E-state index in [1.54, 1.807) is 0 Å². The first-order valence-electron chi connectivity index (χ1n) is 11.4. The van der Waals surface area contributed by atoms with Crippen LogP contribution in [0.15, 0.2) is 30.3 Å². The van der Waals surface area contributed by atoms with Gasteiger partial charge in [0.1, 0.15) is 12.1 Å². The van der Waals surface area contributed by atoms with Crippen LogP contribution in [0.25, 0.3) is 10.9 Å². The summed E-state index contributed by atoms with van der Waals surface area (Å²) in [4.78, 5) is 40.6. The average Bonchev–Trinajstić information content (AvgIpc) is 3.20. The maximum Gasteiger partial charge on any atom is 0.326 e. The third kappa shape index (κ3) is 8.49. The van der Waals surface area contributed by atoms with Crippen molar-refractivity contribution in [3.63, 3.8) is 0 Å². The molecule has 0 aliphatic rings. The lowest BCUT2D eigenvalue weighted by Crippen LogP contribution is -2.55. The number of aromatic nitrogens is 1. The van der Waals surface area contributed by atoms with Crippen LogP contribution in [0.2, 0.25) is 0 Å². The van der Waals surface area contributed by atoms with Gasteiger partial charge in [-0.1, -0.05) is 24.6 Å². The topological polar surface area (TPSA) is 189 Å². The van der Waals surface area contributed by atoms with Crippen molar-refractivity contribution in [2.75, 3.05) is 13.1 Å². The molecule has 10 heteroatoms. The number of carbonyl (C=O) groups excluding carboxylic acids is 2. The first-order chi connectivity index (χ1) is 15.8. The number of para-hydroxylation sites is 1. The highest BCUT2D eigenvalue weighted by molar-refractivity contribution is 5.92. The fraction of sp³-hybridized carbons (Fsp3) is 0.522. The van der Waals surface area contributed by atoms with Gasteiger partial charge in [-0.05, 0) is 62.7 Å². The fourth-order valence-electron chi connectivity index (χ4n) is 3.61. The Bertz CT molecular complexity index is 882. The zero-order chi connectivity index (χ0) is 24.2. The monoisotopic (exact) mass is 460 g/mol. The normalized spacial score (nSPS) is 13.9. The lowest BCUT2D eigenvalue weighted by Gasteiger charge is -2.23. The number of hydrogen-bond acceptors (Lipinski definition) is 6. The maximum absolute atomic E-state index is 13.0. The van der Waals surface area contributed by atoms with Gasteiger partial charge in [-0.3, -0.25) is 9.59 Å². The van der Waals surface area contributed by atoms with Gasteiger partial charge in [0.05, 0.1) is 6.04 Å². The van der Waals surface area contributed by atoms with Crippen LogP contribution >= 0.6 is 0 Å². The van der Waals surface area contributed by atoms with Crippen LogP contribution in [0.4, 0.5) is 0 Å². The molecule has 10 nitrogen and oxygen atoms in total. The maximum atomic E-state index is 13.0. The number of nitrogens with one attached hydrogen (secondary N) is 3. The Balaban J connectivity index is 2.14. The van der Waals surface area contributed by atoms with Crippen molar-refractivity contribution in [2.45, 2.75) is 63.1 Å². The van der Waals surface area contributed by atoms with Crippen molar-refractivity contribution in [3.05, 3.63) is 36.0 Å². The van der Waals surface area contributed by atoms with Crippen LogP contribution in [0.5, 0.6) is 0 Å². The summed E-state index contributed by atoms with van der Waals surface area (Å²) in [7, 11) is 0. The summed E-state index contributed by atoms with van der Waals surface area (Å²) >= 11 is 0. The molecule has 0 saturated carbocycles. The Kier molecular flexibility index (Phi) is 10.8. The summed E-state index contributed by atoms with van der Waals surface area (Å²) in [6, 6.07) is 6.73. The standard InChI is InChI=1S/C23H36N6O4/c24-11-5-3-8-17(26)21(30)29-20(14-16-13-15-7-1-2-9-18(15)27-16)22(31)28-19(23(32)33)10-4-6-12-25/h1-2,7,9,13,17,19-20,27H,3-6,8,10-12,14,24-26H2,(H,28,31)(H,29,30)(H,32,33). The number of carboxylic acid groups (broad SMARTS) is 1. The van der Waals surface area contributed by atoms with E-state index in [9.17, 15) is 19.5 Å². The molecular weight excluding hydrogens is 424 g/mol. The van der Waals surface area contributed by atoms with Gasteiger partial charge in [-0.2, -0.15) is 0 Å². The van der Waals surface area contributed by atoms with Crippen LogP contribution in [-0.2, 0) is 20.8 Å². The van der Waals surface area contributed by atoms with Crippen LogP contribution in [0.3, 0.4) is 0 Å². The van der Waals surface area contributed by atoms with Crippen molar-refractivity contribution in [1.82, 2.24) is 15.6 Å². The van der Waals surface area contributed by atoms with Gasteiger partial charge >= 0.3 is 5.97 Å². The highest BCUT2D eigenvalue weighted by atomic mass is 16.4. The van der Waals surface area contributed by atoms with Crippen LogP contribution < -0.4 is 27.8 Å². The van der Waals surface area contributed by atoms with Crippen molar-refractivity contribution < 1.29 is 19.5 Å². The van der Waals surface area contributed by atoms with E-state index >= 15 is 0 Å². The van der Waals surface area contributed by atoms with Gasteiger partial charge in [-0.15, -0.1) is 0 Å². The number of rotatable bonds is 15. The van der Waals surface area contributed by atoms with Crippen molar-refractivity contribution in [3.8, 4) is 0 Å². The molecule has 0 fully saturated rings. The lowest BCUT2D eigenvalue weighted by atomic mass is 10.1. The number of unbranched alkanes of at least 4 members (excludes halogenated alkanes) is 2. The highest BCUT2D eigenvalue weighted by Crippen LogP contribution is 2.16.